The molecule has 0 fully saturated rings. The molecule has 0 unspecified atom stereocenters. The second kappa shape index (κ2) is 7.26. The molecule has 1 aliphatic heterocycles. The molecule has 0 radical (unpaired) electrons. The van der Waals surface area contributed by atoms with Crippen LogP contribution in [0.3, 0.4) is 0 Å². The van der Waals surface area contributed by atoms with Gasteiger partial charge in [-0.25, -0.2) is 4.98 Å². The fraction of sp³-hybridized carbons (Fsp3) is 0.160. The Labute approximate surface area is 174 Å². The fourth-order valence-electron chi connectivity index (χ4n) is 4.28. The lowest BCUT2D eigenvalue weighted by Gasteiger charge is -2.23. The normalized spacial score (nSPS) is 15.4. The Kier molecular flexibility index (Phi) is 4.43. The first kappa shape index (κ1) is 18.3. The van der Waals surface area contributed by atoms with Gasteiger partial charge in [0.2, 0.25) is 0 Å². The lowest BCUT2D eigenvalue weighted by atomic mass is 10.1. The Morgan fingerprint density at radius 3 is 2.63 bits per heavy atom. The zero-order valence-electron chi connectivity index (χ0n) is 16.7. The zero-order valence-corrected chi connectivity index (χ0v) is 16.7. The molecule has 1 amide bonds. The van der Waals surface area contributed by atoms with Crippen molar-refractivity contribution < 1.29 is 4.79 Å². The van der Waals surface area contributed by atoms with Crippen LogP contribution in [-0.4, -0.2) is 21.5 Å². The van der Waals surface area contributed by atoms with E-state index in [4.69, 9.17) is 0 Å². The average molecular weight is 395 g/mol. The maximum absolute atomic E-state index is 13.6. The molecule has 0 spiro atoms. The fourth-order valence-corrected chi connectivity index (χ4v) is 4.28. The van der Waals surface area contributed by atoms with E-state index >= 15 is 0 Å². The summed E-state index contributed by atoms with van der Waals surface area (Å²) in [6.07, 6.45) is 2.46. The van der Waals surface area contributed by atoms with Gasteiger partial charge in [0.1, 0.15) is 11.2 Å². The van der Waals surface area contributed by atoms with Crippen LogP contribution in [0.5, 0.6) is 0 Å². The smallest absolute Gasteiger partial charge is 0.265 e. The molecule has 5 heteroatoms. The molecule has 30 heavy (non-hydrogen) atoms. The van der Waals surface area contributed by atoms with Crippen LogP contribution >= 0.6 is 0 Å². The highest BCUT2D eigenvalue weighted by Crippen LogP contribution is 2.33. The number of pyridine rings is 2. The van der Waals surface area contributed by atoms with Gasteiger partial charge < -0.3 is 4.90 Å². The average Bonchev–Trinajstić information content (AvgIpc) is 3.11. The first-order valence-corrected chi connectivity index (χ1v) is 10.1. The lowest BCUT2D eigenvalue weighted by Crippen LogP contribution is -2.40. The zero-order chi connectivity index (χ0) is 20.7. The second-order valence-corrected chi connectivity index (χ2v) is 7.71. The molecule has 0 aliphatic carbocycles. The van der Waals surface area contributed by atoms with E-state index in [1.807, 2.05) is 73.7 Å². The molecule has 3 heterocycles. The van der Waals surface area contributed by atoms with Gasteiger partial charge in [-0.15, -0.1) is 0 Å². The Balaban J connectivity index is 1.66. The Morgan fingerprint density at radius 1 is 1.03 bits per heavy atom. The predicted octanol–water partition coefficient (Wildman–Crippen LogP) is 4.04. The maximum Gasteiger partial charge on any atom is 0.265 e. The minimum absolute atomic E-state index is 0.00136. The molecule has 1 aliphatic rings. The highest BCUT2D eigenvalue weighted by atomic mass is 16.2. The van der Waals surface area contributed by atoms with E-state index in [-0.39, 0.29) is 23.1 Å². The second-order valence-electron chi connectivity index (χ2n) is 7.71. The van der Waals surface area contributed by atoms with Gasteiger partial charge in [0.25, 0.3) is 11.5 Å². The topological polar surface area (TPSA) is 55.2 Å². The van der Waals surface area contributed by atoms with E-state index in [0.717, 1.165) is 28.6 Å². The van der Waals surface area contributed by atoms with Crippen molar-refractivity contribution >= 4 is 22.6 Å². The molecule has 0 saturated carbocycles. The number of rotatable bonds is 3. The maximum atomic E-state index is 13.6. The molecule has 0 saturated heterocycles. The van der Waals surface area contributed by atoms with Crippen molar-refractivity contribution in [3.8, 4) is 0 Å². The SMILES string of the molecule is C[C@@H]1Cc2ccccc2N1C(=O)c1cc2cccnc2n(Cc2ccccc2)c1=O. The van der Waals surface area contributed by atoms with Gasteiger partial charge >= 0.3 is 0 Å². The molecule has 5 nitrogen and oxygen atoms in total. The molecule has 4 aromatic rings. The molecule has 0 N–H and O–H groups in total. The molecule has 5 rings (SSSR count). The molecule has 2 aromatic heterocycles. The van der Waals surface area contributed by atoms with Gasteiger partial charge in [0.15, 0.2) is 0 Å². The van der Waals surface area contributed by atoms with Crippen LogP contribution in [0.4, 0.5) is 5.69 Å². The van der Waals surface area contributed by atoms with Gasteiger partial charge in [-0.2, -0.15) is 0 Å². The number of hydrogen-bond donors (Lipinski definition) is 0. The van der Waals surface area contributed by atoms with Crippen LogP contribution in [0.1, 0.15) is 28.4 Å². The third kappa shape index (κ3) is 2.99. The van der Waals surface area contributed by atoms with Crippen molar-refractivity contribution in [3.63, 3.8) is 0 Å². The van der Waals surface area contributed by atoms with E-state index in [2.05, 4.69) is 4.98 Å². The summed E-state index contributed by atoms with van der Waals surface area (Å²) >= 11 is 0. The first-order chi connectivity index (χ1) is 14.6. The minimum Gasteiger partial charge on any atom is -0.305 e. The van der Waals surface area contributed by atoms with Crippen molar-refractivity contribution in [1.82, 2.24) is 9.55 Å². The molecule has 1 atom stereocenters. The number of para-hydroxylation sites is 1. The number of amides is 1. The standard InChI is InChI=1S/C25H21N3O2/c1-17-14-19-10-5-6-12-22(19)28(17)25(30)21-15-20-11-7-13-26-23(20)27(24(21)29)16-18-8-3-2-4-9-18/h2-13,15,17H,14,16H2,1H3/t17-/m1/s1. The number of aromatic nitrogens is 2. The van der Waals surface area contributed by atoms with Crippen LogP contribution in [0.2, 0.25) is 0 Å². The Morgan fingerprint density at radius 2 is 1.80 bits per heavy atom. The van der Waals surface area contributed by atoms with Gasteiger partial charge in [-0.05, 0) is 48.7 Å². The summed E-state index contributed by atoms with van der Waals surface area (Å²) in [6.45, 7) is 2.38. The Hall–Kier alpha value is -3.73. The van der Waals surface area contributed by atoms with Crippen LogP contribution in [0.25, 0.3) is 11.0 Å². The van der Waals surface area contributed by atoms with Crippen LogP contribution in [0.15, 0.2) is 83.8 Å². The molecular formula is C25H21N3O2. The number of carbonyl (C=O) groups is 1. The van der Waals surface area contributed by atoms with Crippen molar-refractivity contribution in [1.29, 1.82) is 0 Å². The van der Waals surface area contributed by atoms with E-state index in [0.29, 0.717) is 12.2 Å². The van der Waals surface area contributed by atoms with Gasteiger partial charge in [-0.3, -0.25) is 14.2 Å². The number of carbonyl (C=O) groups excluding carboxylic acids is 1. The number of hydrogen-bond acceptors (Lipinski definition) is 3. The van der Waals surface area contributed by atoms with Crippen molar-refractivity contribution in [2.75, 3.05) is 4.90 Å². The molecule has 148 valence electrons. The number of fused-ring (bicyclic) bond motifs is 2. The monoisotopic (exact) mass is 395 g/mol. The van der Waals surface area contributed by atoms with Gasteiger partial charge in [-0.1, -0.05) is 48.5 Å². The van der Waals surface area contributed by atoms with Gasteiger partial charge in [0.05, 0.1) is 6.54 Å². The number of nitrogens with zero attached hydrogens (tertiary/aromatic N) is 3. The third-order valence-electron chi connectivity index (χ3n) is 5.69. The largest absolute Gasteiger partial charge is 0.305 e. The summed E-state index contributed by atoms with van der Waals surface area (Å²) in [6, 6.07) is 23.0. The predicted molar refractivity (Wildman–Crippen MR) is 118 cm³/mol. The highest BCUT2D eigenvalue weighted by molar-refractivity contribution is 6.08. The van der Waals surface area contributed by atoms with Crippen LogP contribution < -0.4 is 10.5 Å². The Bertz CT molecular complexity index is 1310. The van der Waals surface area contributed by atoms with E-state index in [9.17, 15) is 9.59 Å². The number of anilines is 1. The van der Waals surface area contributed by atoms with E-state index < -0.39 is 0 Å². The summed E-state index contributed by atoms with van der Waals surface area (Å²) in [7, 11) is 0. The molecule has 0 bridgehead atoms. The highest BCUT2D eigenvalue weighted by Gasteiger charge is 2.33. The third-order valence-corrected chi connectivity index (χ3v) is 5.69. The van der Waals surface area contributed by atoms with Crippen molar-refractivity contribution in [2.24, 2.45) is 0 Å². The summed E-state index contributed by atoms with van der Waals surface area (Å²) in [4.78, 5) is 33.2. The first-order valence-electron chi connectivity index (χ1n) is 10.1. The van der Waals surface area contributed by atoms with Crippen molar-refractivity contribution in [2.45, 2.75) is 25.9 Å². The van der Waals surface area contributed by atoms with E-state index in [1.165, 1.54) is 0 Å². The van der Waals surface area contributed by atoms with Crippen molar-refractivity contribution in [3.05, 3.63) is 106 Å². The number of benzene rings is 2. The minimum atomic E-state index is -0.313. The van der Waals surface area contributed by atoms with E-state index in [1.54, 1.807) is 21.7 Å². The van der Waals surface area contributed by atoms with Crippen LogP contribution in [-0.2, 0) is 13.0 Å². The summed E-state index contributed by atoms with van der Waals surface area (Å²) in [5.41, 5.74) is 3.44. The molecular weight excluding hydrogens is 374 g/mol. The summed E-state index contributed by atoms with van der Waals surface area (Å²) in [5.74, 6) is -0.259. The van der Waals surface area contributed by atoms with Crippen LogP contribution in [0, 0.1) is 0 Å². The summed E-state index contributed by atoms with van der Waals surface area (Å²) < 4.78 is 1.60. The quantitative estimate of drug-likeness (QED) is 0.526. The summed E-state index contributed by atoms with van der Waals surface area (Å²) in [5, 5.41) is 0.775. The molecule has 2 aromatic carbocycles. The van der Waals surface area contributed by atoms with Gasteiger partial charge in [0, 0.05) is 23.3 Å². The lowest BCUT2D eigenvalue weighted by molar-refractivity contribution is 0.0979.